The molecule has 2 atom stereocenters. The van der Waals surface area contributed by atoms with Crippen LogP contribution in [0.4, 0.5) is 0 Å². The normalized spacial score (nSPS) is 13.8. The molecule has 3 heteroatoms. The van der Waals surface area contributed by atoms with Crippen LogP contribution >= 0.6 is 0 Å². The molecule has 0 saturated heterocycles. The summed E-state index contributed by atoms with van der Waals surface area (Å²) in [6.45, 7) is 6.64. The van der Waals surface area contributed by atoms with Crippen molar-refractivity contribution in [3.8, 4) is 5.75 Å². The van der Waals surface area contributed by atoms with Crippen LogP contribution in [-0.4, -0.2) is 17.2 Å². The average molecular weight is 278 g/mol. The molecule has 0 saturated carbocycles. The lowest BCUT2D eigenvalue weighted by Crippen LogP contribution is -2.17. The van der Waals surface area contributed by atoms with E-state index in [4.69, 9.17) is 9.84 Å². The van der Waals surface area contributed by atoms with Gasteiger partial charge in [-0.25, -0.2) is 4.79 Å². The van der Waals surface area contributed by atoms with Gasteiger partial charge in [0.2, 0.25) is 0 Å². The van der Waals surface area contributed by atoms with Gasteiger partial charge < -0.3 is 9.84 Å². The van der Waals surface area contributed by atoms with Gasteiger partial charge in [0.25, 0.3) is 0 Å². The highest BCUT2D eigenvalue weighted by molar-refractivity contribution is 5.87. The molecule has 1 rings (SSSR count). The second-order valence-corrected chi connectivity index (χ2v) is 5.45. The number of aromatic carboxylic acids is 1. The van der Waals surface area contributed by atoms with E-state index < -0.39 is 5.97 Å². The van der Waals surface area contributed by atoms with E-state index in [0.717, 1.165) is 30.9 Å². The summed E-state index contributed by atoms with van der Waals surface area (Å²) < 4.78 is 5.99. The molecule has 2 unspecified atom stereocenters. The Kier molecular flexibility index (Phi) is 7.13. The summed E-state index contributed by atoms with van der Waals surface area (Å²) in [5.41, 5.74) is 0.295. The first-order chi connectivity index (χ1) is 9.56. The predicted octanol–water partition coefficient (Wildman–Crippen LogP) is 4.76. The van der Waals surface area contributed by atoms with Crippen molar-refractivity contribution in [2.24, 2.45) is 5.92 Å². The van der Waals surface area contributed by atoms with E-state index in [0.29, 0.717) is 5.56 Å². The molecule has 1 aromatic carbocycles. The molecule has 0 fully saturated rings. The molecular formula is C17H26O3. The number of ether oxygens (including phenoxy) is 1. The van der Waals surface area contributed by atoms with Crippen LogP contribution in [0.25, 0.3) is 0 Å². The third-order valence-corrected chi connectivity index (χ3v) is 3.69. The van der Waals surface area contributed by atoms with Gasteiger partial charge in [0, 0.05) is 0 Å². The third-order valence-electron chi connectivity index (χ3n) is 3.69. The maximum absolute atomic E-state index is 10.8. The van der Waals surface area contributed by atoms with Crippen molar-refractivity contribution >= 4 is 5.97 Å². The maximum atomic E-state index is 10.8. The van der Waals surface area contributed by atoms with Gasteiger partial charge in [0.05, 0.1) is 11.7 Å². The van der Waals surface area contributed by atoms with E-state index >= 15 is 0 Å². The second kappa shape index (κ2) is 8.62. The molecule has 3 nitrogen and oxygen atoms in total. The van der Waals surface area contributed by atoms with Gasteiger partial charge in [-0.3, -0.25) is 0 Å². The Morgan fingerprint density at radius 2 is 1.80 bits per heavy atom. The quantitative estimate of drug-likeness (QED) is 0.708. The van der Waals surface area contributed by atoms with E-state index in [-0.39, 0.29) is 6.10 Å². The zero-order valence-electron chi connectivity index (χ0n) is 12.8. The molecule has 0 radical (unpaired) electrons. The lowest BCUT2D eigenvalue weighted by molar-refractivity contribution is 0.0697. The second-order valence-electron chi connectivity index (χ2n) is 5.45. The minimum atomic E-state index is -0.904. The molecule has 0 amide bonds. The molecule has 112 valence electrons. The van der Waals surface area contributed by atoms with Crippen LogP contribution in [-0.2, 0) is 0 Å². The molecule has 20 heavy (non-hydrogen) atoms. The Balaban J connectivity index is 2.57. The summed E-state index contributed by atoms with van der Waals surface area (Å²) in [6, 6.07) is 6.68. The molecule has 0 spiro atoms. The molecule has 0 bridgehead atoms. The van der Waals surface area contributed by atoms with Crippen LogP contribution in [0.5, 0.6) is 5.75 Å². The van der Waals surface area contributed by atoms with Crippen molar-refractivity contribution in [3.05, 3.63) is 29.8 Å². The number of hydrogen-bond acceptors (Lipinski definition) is 2. The first-order valence-corrected chi connectivity index (χ1v) is 7.56. The van der Waals surface area contributed by atoms with Gasteiger partial charge in [-0.1, -0.05) is 33.6 Å². The van der Waals surface area contributed by atoms with Gasteiger partial charge in [-0.05, 0) is 49.4 Å². The Labute approximate surface area is 122 Å². The summed E-state index contributed by atoms with van der Waals surface area (Å²) in [7, 11) is 0. The van der Waals surface area contributed by atoms with E-state index in [1.807, 2.05) is 0 Å². The Morgan fingerprint density at radius 1 is 1.15 bits per heavy atom. The number of carboxylic acids is 1. The fraction of sp³-hybridized carbons (Fsp3) is 0.588. The Hall–Kier alpha value is -1.51. The summed E-state index contributed by atoms with van der Waals surface area (Å²) in [5.74, 6) is 0.586. The van der Waals surface area contributed by atoms with E-state index in [9.17, 15) is 4.79 Å². The Morgan fingerprint density at radius 3 is 2.30 bits per heavy atom. The van der Waals surface area contributed by atoms with Crippen LogP contribution in [0, 0.1) is 5.92 Å². The largest absolute Gasteiger partial charge is 0.490 e. The number of carbonyl (C=O) groups is 1. The third kappa shape index (κ3) is 5.64. The SMILES string of the molecule is CCCC(CCC(C)CC)Oc1ccc(C(=O)O)cc1. The van der Waals surface area contributed by atoms with Crippen LogP contribution in [0.15, 0.2) is 24.3 Å². The molecule has 0 aromatic heterocycles. The van der Waals surface area contributed by atoms with Crippen molar-refractivity contribution in [1.82, 2.24) is 0 Å². The van der Waals surface area contributed by atoms with E-state index in [1.165, 1.54) is 12.8 Å². The fourth-order valence-electron chi connectivity index (χ4n) is 2.13. The highest BCUT2D eigenvalue weighted by Crippen LogP contribution is 2.20. The first kappa shape index (κ1) is 16.5. The molecule has 0 aliphatic carbocycles. The molecule has 0 heterocycles. The van der Waals surface area contributed by atoms with Crippen molar-refractivity contribution in [1.29, 1.82) is 0 Å². The highest BCUT2D eigenvalue weighted by Gasteiger charge is 2.12. The first-order valence-electron chi connectivity index (χ1n) is 7.56. The smallest absolute Gasteiger partial charge is 0.335 e. The number of benzene rings is 1. The van der Waals surface area contributed by atoms with Crippen LogP contribution < -0.4 is 4.74 Å². The summed E-state index contributed by atoms with van der Waals surface area (Å²) in [4.78, 5) is 10.8. The number of rotatable bonds is 9. The lowest BCUT2D eigenvalue weighted by atomic mass is 9.99. The Bertz CT molecular complexity index is 397. The zero-order valence-corrected chi connectivity index (χ0v) is 12.8. The maximum Gasteiger partial charge on any atom is 0.335 e. The van der Waals surface area contributed by atoms with Crippen LogP contribution in [0.3, 0.4) is 0 Å². The highest BCUT2D eigenvalue weighted by atomic mass is 16.5. The average Bonchev–Trinajstić information content (AvgIpc) is 2.45. The minimum Gasteiger partial charge on any atom is -0.490 e. The van der Waals surface area contributed by atoms with Gasteiger partial charge in [0.15, 0.2) is 0 Å². The molecule has 0 aliphatic heterocycles. The zero-order chi connectivity index (χ0) is 15.0. The summed E-state index contributed by atoms with van der Waals surface area (Å²) in [5, 5.41) is 8.87. The standard InChI is InChI=1S/C17H26O3/c1-4-6-15(10-7-13(3)5-2)20-16-11-8-14(9-12-16)17(18)19/h8-9,11-13,15H,4-7,10H2,1-3H3,(H,18,19). The van der Waals surface area contributed by atoms with Crippen molar-refractivity contribution in [2.45, 2.75) is 59.0 Å². The number of hydrogen-bond donors (Lipinski definition) is 1. The van der Waals surface area contributed by atoms with Crippen molar-refractivity contribution < 1.29 is 14.6 Å². The van der Waals surface area contributed by atoms with Crippen molar-refractivity contribution in [2.75, 3.05) is 0 Å². The molecular weight excluding hydrogens is 252 g/mol. The van der Waals surface area contributed by atoms with Gasteiger partial charge in [-0.15, -0.1) is 0 Å². The van der Waals surface area contributed by atoms with Gasteiger partial charge >= 0.3 is 5.97 Å². The topological polar surface area (TPSA) is 46.5 Å². The minimum absolute atomic E-state index is 0.227. The fourth-order valence-corrected chi connectivity index (χ4v) is 2.13. The van der Waals surface area contributed by atoms with Gasteiger partial charge in [-0.2, -0.15) is 0 Å². The van der Waals surface area contributed by atoms with Gasteiger partial charge in [0.1, 0.15) is 5.75 Å². The lowest BCUT2D eigenvalue weighted by Gasteiger charge is -2.20. The van der Waals surface area contributed by atoms with Crippen LogP contribution in [0.2, 0.25) is 0 Å². The van der Waals surface area contributed by atoms with E-state index in [2.05, 4.69) is 20.8 Å². The monoisotopic (exact) mass is 278 g/mol. The van der Waals surface area contributed by atoms with Crippen LogP contribution in [0.1, 0.15) is 63.2 Å². The number of carboxylic acid groups (broad SMARTS) is 1. The molecule has 1 aromatic rings. The molecule has 0 aliphatic rings. The van der Waals surface area contributed by atoms with E-state index in [1.54, 1.807) is 24.3 Å². The predicted molar refractivity (Wildman–Crippen MR) is 81.4 cm³/mol. The summed E-state index contributed by atoms with van der Waals surface area (Å²) in [6.07, 6.45) is 5.80. The van der Waals surface area contributed by atoms with Crippen molar-refractivity contribution in [3.63, 3.8) is 0 Å². The molecule has 1 N–H and O–H groups in total. The summed E-state index contributed by atoms with van der Waals surface area (Å²) >= 11 is 0.